The van der Waals surface area contributed by atoms with Crippen molar-refractivity contribution in [3.05, 3.63) is 35.4 Å². The molecule has 0 spiro atoms. The van der Waals surface area contributed by atoms with Gasteiger partial charge in [-0.05, 0) is 55.1 Å². The zero-order valence-electron chi connectivity index (χ0n) is 14.2. The first kappa shape index (κ1) is 16.6. The highest BCUT2D eigenvalue weighted by molar-refractivity contribution is 5.25. The number of hydrogen-bond donors (Lipinski definition) is 0. The van der Waals surface area contributed by atoms with Gasteiger partial charge < -0.3 is 0 Å². The molecular weight excluding hydrogens is 252 g/mol. The lowest BCUT2D eigenvalue weighted by Crippen LogP contribution is -2.13. The Balaban J connectivity index is 1.67. The maximum atomic E-state index is 2.38. The van der Waals surface area contributed by atoms with Gasteiger partial charge in [0.2, 0.25) is 0 Å². The zero-order valence-corrected chi connectivity index (χ0v) is 14.2. The third kappa shape index (κ3) is 5.49. The van der Waals surface area contributed by atoms with Gasteiger partial charge in [0, 0.05) is 0 Å². The normalized spacial score (nSPS) is 22.4. The van der Waals surface area contributed by atoms with Gasteiger partial charge in [-0.3, -0.25) is 0 Å². The van der Waals surface area contributed by atoms with Crippen molar-refractivity contribution in [1.29, 1.82) is 0 Å². The van der Waals surface area contributed by atoms with E-state index in [9.17, 15) is 0 Å². The molecule has 0 amide bonds. The van der Waals surface area contributed by atoms with Crippen LogP contribution in [0.3, 0.4) is 0 Å². The van der Waals surface area contributed by atoms with Crippen LogP contribution in [0, 0.1) is 5.92 Å². The van der Waals surface area contributed by atoms with Gasteiger partial charge in [-0.1, -0.05) is 76.6 Å². The third-order valence-electron chi connectivity index (χ3n) is 5.42. The third-order valence-corrected chi connectivity index (χ3v) is 5.42. The second-order valence-corrected chi connectivity index (χ2v) is 7.02. The molecule has 0 nitrogen and oxygen atoms in total. The Kier molecular flexibility index (Phi) is 7.33. The highest BCUT2D eigenvalue weighted by atomic mass is 14.3. The zero-order chi connectivity index (χ0) is 14.9. The van der Waals surface area contributed by atoms with Crippen LogP contribution in [0.5, 0.6) is 0 Å². The lowest BCUT2D eigenvalue weighted by atomic mass is 9.77. The molecule has 1 aromatic carbocycles. The van der Waals surface area contributed by atoms with E-state index in [1.165, 1.54) is 69.8 Å². The van der Waals surface area contributed by atoms with Crippen LogP contribution in [-0.4, -0.2) is 0 Å². The van der Waals surface area contributed by atoms with Crippen molar-refractivity contribution in [3.63, 3.8) is 0 Å². The summed E-state index contributed by atoms with van der Waals surface area (Å²) in [6.07, 6.45) is 15.6. The molecule has 0 atom stereocenters. The molecule has 0 N–H and O–H groups in total. The van der Waals surface area contributed by atoms with Crippen LogP contribution in [-0.2, 0) is 6.42 Å². The maximum absolute atomic E-state index is 2.38. The van der Waals surface area contributed by atoms with E-state index in [0.29, 0.717) is 0 Å². The van der Waals surface area contributed by atoms with Crippen molar-refractivity contribution in [2.24, 2.45) is 5.92 Å². The number of hydrogen-bond acceptors (Lipinski definition) is 0. The van der Waals surface area contributed by atoms with Crippen LogP contribution in [0.25, 0.3) is 0 Å². The molecule has 0 aliphatic heterocycles. The second kappa shape index (κ2) is 9.28. The first-order chi connectivity index (χ1) is 10.3. The molecule has 2 rings (SSSR count). The van der Waals surface area contributed by atoms with Crippen LogP contribution in [0.15, 0.2) is 24.3 Å². The molecule has 21 heavy (non-hydrogen) atoms. The average molecular weight is 287 g/mol. The van der Waals surface area contributed by atoms with Crippen molar-refractivity contribution in [3.8, 4) is 0 Å². The Morgan fingerprint density at radius 2 is 1.48 bits per heavy atom. The van der Waals surface area contributed by atoms with E-state index in [1.54, 1.807) is 5.56 Å². The van der Waals surface area contributed by atoms with Gasteiger partial charge in [-0.15, -0.1) is 0 Å². The number of aryl methyl sites for hydroxylation is 1. The predicted molar refractivity (Wildman–Crippen MR) is 93.9 cm³/mol. The number of benzene rings is 1. The van der Waals surface area contributed by atoms with E-state index in [2.05, 4.69) is 38.1 Å². The summed E-state index contributed by atoms with van der Waals surface area (Å²) < 4.78 is 0. The summed E-state index contributed by atoms with van der Waals surface area (Å²) in [5, 5.41) is 0. The van der Waals surface area contributed by atoms with E-state index >= 15 is 0 Å². The van der Waals surface area contributed by atoms with Gasteiger partial charge in [-0.2, -0.15) is 0 Å². The molecule has 0 unspecified atom stereocenters. The summed E-state index contributed by atoms with van der Waals surface area (Å²) >= 11 is 0. The van der Waals surface area contributed by atoms with Crippen LogP contribution < -0.4 is 0 Å². The first-order valence-corrected chi connectivity index (χ1v) is 9.42. The highest BCUT2D eigenvalue weighted by Gasteiger charge is 2.21. The van der Waals surface area contributed by atoms with Crippen molar-refractivity contribution in [2.75, 3.05) is 0 Å². The molecule has 0 saturated heterocycles. The molecule has 1 saturated carbocycles. The minimum atomic E-state index is 0.840. The van der Waals surface area contributed by atoms with E-state index in [4.69, 9.17) is 0 Å². The highest BCUT2D eigenvalue weighted by Crippen LogP contribution is 2.37. The lowest BCUT2D eigenvalue weighted by Gasteiger charge is -2.29. The van der Waals surface area contributed by atoms with Gasteiger partial charge >= 0.3 is 0 Å². The van der Waals surface area contributed by atoms with Crippen molar-refractivity contribution in [2.45, 2.75) is 90.4 Å². The molecule has 118 valence electrons. The molecule has 0 aromatic heterocycles. The average Bonchev–Trinajstić information content (AvgIpc) is 2.55. The molecular formula is C21H34. The van der Waals surface area contributed by atoms with Crippen molar-refractivity contribution >= 4 is 0 Å². The number of rotatable bonds is 8. The molecule has 1 aromatic rings. The Morgan fingerprint density at radius 1 is 0.810 bits per heavy atom. The monoisotopic (exact) mass is 286 g/mol. The van der Waals surface area contributed by atoms with Gasteiger partial charge in [0.05, 0.1) is 0 Å². The van der Waals surface area contributed by atoms with Crippen molar-refractivity contribution < 1.29 is 0 Å². The second-order valence-electron chi connectivity index (χ2n) is 7.02. The Morgan fingerprint density at radius 3 is 2.10 bits per heavy atom. The maximum Gasteiger partial charge on any atom is -0.0162 e. The van der Waals surface area contributed by atoms with E-state index in [-0.39, 0.29) is 0 Å². The number of unbranched alkanes of at least 4 members (excludes halogenated alkanes) is 4. The largest absolute Gasteiger partial charge is 0.0654 e. The van der Waals surface area contributed by atoms with Gasteiger partial charge in [0.15, 0.2) is 0 Å². The van der Waals surface area contributed by atoms with Crippen LogP contribution in [0.2, 0.25) is 0 Å². The first-order valence-electron chi connectivity index (χ1n) is 9.42. The summed E-state index contributed by atoms with van der Waals surface area (Å²) in [6, 6.07) is 9.42. The molecule has 1 fully saturated rings. The van der Waals surface area contributed by atoms with E-state index in [1.807, 2.05) is 0 Å². The smallest absolute Gasteiger partial charge is 0.0162 e. The topological polar surface area (TPSA) is 0 Å². The molecule has 0 heterocycles. The molecule has 0 bridgehead atoms. The molecule has 0 heteroatoms. The fourth-order valence-corrected chi connectivity index (χ4v) is 3.85. The van der Waals surface area contributed by atoms with Gasteiger partial charge in [0.1, 0.15) is 0 Å². The SMILES string of the molecule is CCCCCCCC1CCC(c2ccc(CC)cc2)CC1. The molecule has 1 aliphatic carbocycles. The minimum Gasteiger partial charge on any atom is -0.0654 e. The Labute approximate surface area is 132 Å². The van der Waals surface area contributed by atoms with Crippen LogP contribution >= 0.6 is 0 Å². The fourth-order valence-electron chi connectivity index (χ4n) is 3.85. The minimum absolute atomic E-state index is 0.840. The standard InChI is InChI=1S/C21H34/c1-3-5-6-7-8-9-19-12-16-21(17-13-19)20-14-10-18(4-2)11-15-20/h10-11,14-15,19,21H,3-9,12-13,16-17H2,1-2H3. The summed E-state index contributed by atoms with van der Waals surface area (Å²) in [5.74, 6) is 1.87. The van der Waals surface area contributed by atoms with Crippen LogP contribution in [0.1, 0.15) is 95.1 Å². The van der Waals surface area contributed by atoms with E-state index in [0.717, 1.165) is 18.3 Å². The van der Waals surface area contributed by atoms with Crippen molar-refractivity contribution in [1.82, 2.24) is 0 Å². The summed E-state index contributed by atoms with van der Waals surface area (Å²) in [5.41, 5.74) is 3.06. The summed E-state index contributed by atoms with van der Waals surface area (Å²) in [6.45, 7) is 4.54. The van der Waals surface area contributed by atoms with Crippen LogP contribution in [0.4, 0.5) is 0 Å². The quantitative estimate of drug-likeness (QED) is 0.457. The summed E-state index contributed by atoms with van der Waals surface area (Å²) in [7, 11) is 0. The Bertz CT molecular complexity index is 368. The lowest BCUT2D eigenvalue weighted by molar-refractivity contribution is 0.302. The van der Waals surface area contributed by atoms with E-state index < -0.39 is 0 Å². The molecule has 0 radical (unpaired) electrons. The summed E-state index contributed by atoms with van der Waals surface area (Å²) in [4.78, 5) is 0. The Hall–Kier alpha value is -0.780. The predicted octanol–water partition coefficient (Wildman–Crippen LogP) is 6.88. The van der Waals surface area contributed by atoms with Gasteiger partial charge in [-0.25, -0.2) is 0 Å². The van der Waals surface area contributed by atoms with Gasteiger partial charge in [0.25, 0.3) is 0 Å². The fraction of sp³-hybridized carbons (Fsp3) is 0.714. The molecule has 1 aliphatic rings.